The highest BCUT2D eigenvalue weighted by molar-refractivity contribution is 6.07. The Morgan fingerprint density at radius 2 is 2.32 bits per heavy atom. The molecule has 0 spiro atoms. The molecular formula is C13H16N4O2. The van der Waals surface area contributed by atoms with Crippen molar-refractivity contribution in [1.29, 1.82) is 0 Å². The Bertz CT molecular complexity index is 565. The molecule has 1 amide bonds. The highest BCUT2D eigenvalue weighted by Gasteiger charge is 2.13. The number of carbonyl (C=O) groups is 1. The topological polar surface area (TPSA) is 80.0 Å². The maximum atomic E-state index is 12.1. The van der Waals surface area contributed by atoms with Gasteiger partial charge in [-0.15, -0.1) is 0 Å². The third kappa shape index (κ3) is 3.31. The van der Waals surface area contributed by atoms with Gasteiger partial charge in [0.2, 0.25) is 5.88 Å². The zero-order chi connectivity index (χ0) is 13.7. The second-order valence-electron chi connectivity index (χ2n) is 4.13. The second kappa shape index (κ2) is 5.99. The number of rotatable bonds is 5. The monoisotopic (exact) mass is 260 g/mol. The summed E-state index contributed by atoms with van der Waals surface area (Å²) < 4.78 is 4.96. The smallest absolute Gasteiger partial charge is 0.260 e. The highest BCUT2D eigenvalue weighted by Crippen LogP contribution is 2.16. The van der Waals surface area contributed by atoms with Gasteiger partial charge in [0.25, 0.3) is 5.91 Å². The average molecular weight is 260 g/mol. The molecule has 2 N–H and O–H groups in total. The lowest BCUT2D eigenvalue weighted by Gasteiger charge is -2.09. The van der Waals surface area contributed by atoms with Crippen molar-refractivity contribution in [3.63, 3.8) is 0 Å². The molecule has 2 aromatic heterocycles. The normalized spacial score (nSPS) is 10.2. The van der Waals surface area contributed by atoms with Gasteiger partial charge in [-0.05, 0) is 19.4 Å². The number of amides is 1. The van der Waals surface area contributed by atoms with Gasteiger partial charge in [-0.1, -0.05) is 12.1 Å². The summed E-state index contributed by atoms with van der Waals surface area (Å²) in [6, 6.07) is 3.33. The lowest BCUT2D eigenvalue weighted by atomic mass is 10.2. The van der Waals surface area contributed by atoms with E-state index in [9.17, 15) is 4.79 Å². The van der Waals surface area contributed by atoms with Crippen LogP contribution < -0.4 is 10.6 Å². The number of aromatic nitrogens is 2. The van der Waals surface area contributed by atoms with Gasteiger partial charge in [-0.2, -0.15) is 0 Å². The third-order valence-electron chi connectivity index (χ3n) is 2.50. The van der Waals surface area contributed by atoms with E-state index in [1.54, 1.807) is 31.5 Å². The lowest BCUT2D eigenvalue weighted by molar-refractivity contribution is 0.102. The van der Waals surface area contributed by atoms with Crippen molar-refractivity contribution in [2.75, 3.05) is 17.2 Å². The summed E-state index contributed by atoms with van der Waals surface area (Å²) in [7, 11) is 0. The Morgan fingerprint density at radius 3 is 3.00 bits per heavy atom. The van der Waals surface area contributed by atoms with Crippen LogP contribution in [-0.2, 0) is 0 Å². The molecule has 0 aliphatic carbocycles. The van der Waals surface area contributed by atoms with Crippen molar-refractivity contribution < 1.29 is 9.32 Å². The minimum Gasteiger partial charge on any atom is -0.383 e. The molecule has 0 aliphatic rings. The van der Waals surface area contributed by atoms with E-state index >= 15 is 0 Å². The summed E-state index contributed by atoms with van der Waals surface area (Å²) in [5.74, 6) is 0.0814. The Kier molecular flexibility index (Phi) is 4.12. The molecule has 0 aliphatic heterocycles. The van der Waals surface area contributed by atoms with E-state index in [1.807, 2.05) is 0 Å². The molecule has 0 atom stereocenters. The summed E-state index contributed by atoms with van der Waals surface area (Å²) in [5, 5.41) is 9.54. The number of pyridine rings is 1. The van der Waals surface area contributed by atoms with Crippen molar-refractivity contribution >= 4 is 17.5 Å². The summed E-state index contributed by atoms with van der Waals surface area (Å²) in [4.78, 5) is 16.2. The number of nitrogens with one attached hydrogen (secondary N) is 2. The van der Waals surface area contributed by atoms with Gasteiger partial charge in [0.15, 0.2) is 0 Å². The number of anilines is 2. The van der Waals surface area contributed by atoms with Crippen LogP contribution in [0.15, 0.2) is 29.0 Å². The van der Waals surface area contributed by atoms with Gasteiger partial charge in [-0.25, -0.2) is 0 Å². The zero-order valence-corrected chi connectivity index (χ0v) is 10.9. The number of carbonyl (C=O) groups excluding carboxylic acids is 1. The van der Waals surface area contributed by atoms with E-state index in [2.05, 4.69) is 27.7 Å². The Morgan fingerprint density at radius 1 is 1.47 bits per heavy atom. The first-order chi connectivity index (χ1) is 9.20. The van der Waals surface area contributed by atoms with E-state index in [-0.39, 0.29) is 5.91 Å². The van der Waals surface area contributed by atoms with Gasteiger partial charge in [0.05, 0.1) is 23.1 Å². The minimum absolute atomic E-state index is 0.253. The van der Waals surface area contributed by atoms with E-state index in [4.69, 9.17) is 4.52 Å². The first-order valence-electron chi connectivity index (χ1n) is 6.13. The predicted octanol–water partition coefficient (Wildman–Crippen LogP) is 2.45. The maximum absolute atomic E-state index is 12.1. The maximum Gasteiger partial charge on any atom is 0.260 e. The molecule has 19 heavy (non-hydrogen) atoms. The Balaban J connectivity index is 2.14. The summed E-state index contributed by atoms with van der Waals surface area (Å²) in [5.41, 5.74) is 1.95. The van der Waals surface area contributed by atoms with E-state index in [0.717, 1.165) is 13.0 Å². The van der Waals surface area contributed by atoms with E-state index in [0.29, 0.717) is 22.8 Å². The molecule has 6 heteroatoms. The van der Waals surface area contributed by atoms with E-state index in [1.165, 1.54) is 0 Å². The number of nitrogens with zero attached hydrogens (tertiary/aromatic N) is 2. The van der Waals surface area contributed by atoms with Crippen LogP contribution in [0, 0.1) is 6.92 Å². The van der Waals surface area contributed by atoms with Crippen LogP contribution in [0.1, 0.15) is 29.4 Å². The standard InChI is InChI=1S/C13H16N4O2/c1-3-5-15-11-8-14-6-4-10(11)13(18)16-12-7-9(2)17-19-12/h4,6-8,15H,3,5H2,1-2H3,(H,16,18). The fraction of sp³-hybridized carbons (Fsp3) is 0.308. The highest BCUT2D eigenvalue weighted by atomic mass is 16.5. The van der Waals surface area contributed by atoms with Gasteiger partial charge < -0.3 is 9.84 Å². The molecule has 0 saturated carbocycles. The molecule has 0 aromatic carbocycles. The largest absolute Gasteiger partial charge is 0.383 e. The van der Waals surface area contributed by atoms with Gasteiger partial charge >= 0.3 is 0 Å². The molecule has 2 heterocycles. The number of hydrogen-bond donors (Lipinski definition) is 2. The predicted molar refractivity (Wildman–Crippen MR) is 72.2 cm³/mol. The van der Waals surface area contributed by atoms with Crippen molar-refractivity contribution in [1.82, 2.24) is 10.1 Å². The van der Waals surface area contributed by atoms with Crippen LogP contribution >= 0.6 is 0 Å². The first kappa shape index (κ1) is 13.1. The van der Waals surface area contributed by atoms with Crippen LogP contribution in [0.25, 0.3) is 0 Å². The summed E-state index contributed by atoms with van der Waals surface area (Å²) in [6.07, 6.45) is 4.19. The zero-order valence-electron chi connectivity index (χ0n) is 10.9. The van der Waals surface area contributed by atoms with Crippen molar-refractivity contribution in [3.8, 4) is 0 Å². The van der Waals surface area contributed by atoms with Crippen LogP contribution in [0.2, 0.25) is 0 Å². The fourth-order valence-corrected chi connectivity index (χ4v) is 1.59. The van der Waals surface area contributed by atoms with Crippen molar-refractivity contribution in [3.05, 3.63) is 35.8 Å². The molecular weight excluding hydrogens is 244 g/mol. The molecule has 100 valence electrons. The fourth-order valence-electron chi connectivity index (χ4n) is 1.59. The lowest BCUT2D eigenvalue weighted by Crippen LogP contribution is -2.15. The van der Waals surface area contributed by atoms with Gasteiger partial charge in [-0.3, -0.25) is 15.1 Å². The molecule has 0 saturated heterocycles. The van der Waals surface area contributed by atoms with Crippen LogP contribution in [0.5, 0.6) is 0 Å². The average Bonchev–Trinajstić information content (AvgIpc) is 2.82. The molecule has 0 fully saturated rings. The van der Waals surface area contributed by atoms with Crippen LogP contribution in [0.4, 0.5) is 11.6 Å². The number of hydrogen-bond acceptors (Lipinski definition) is 5. The molecule has 2 rings (SSSR count). The Labute approximate surface area is 111 Å². The SMILES string of the molecule is CCCNc1cnccc1C(=O)Nc1cc(C)no1. The molecule has 6 nitrogen and oxygen atoms in total. The van der Waals surface area contributed by atoms with E-state index < -0.39 is 0 Å². The molecule has 0 unspecified atom stereocenters. The second-order valence-corrected chi connectivity index (χ2v) is 4.13. The summed E-state index contributed by atoms with van der Waals surface area (Å²) in [6.45, 7) is 4.63. The van der Waals surface area contributed by atoms with Gasteiger partial charge in [0.1, 0.15) is 0 Å². The van der Waals surface area contributed by atoms with Crippen LogP contribution in [-0.4, -0.2) is 22.6 Å². The number of aryl methyl sites for hydroxylation is 1. The molecule has 0 bridgehead atoms. The van der Waals surface area contributed by atoms with Gasteiger partial charge in [0, 0.05) is 18.8 Å². The Hall–Kier alpha value is -2.37. The minimum atomic E-state index is -0.253. The van der Waals surface area contributed by atoms with Crippen molar-refractivity contribution in [2.24, 2.45) is 0 Å². The third-order valence-corrected chi connectivity index (χ3v) is 2.50. The summed E-state index contributed by atoms with van der Waals surface area (Å²) >= 11 is 0. The first-order valence-corrected chi connectivity index (χ1v) is 6.13. The molecule has 2 aromatic rings. The van der Waals surface area contributed by atoms with Crippen LogP contribution in [0.3, 0.4) is 0 Å². The molecule has 0 radical (unpaired) electrons. The quantitative estimate of drug-likeness (QED) is 0.863. The van der Waals surface area contributed by atoms with Crippen molar-refractivity contribution in [2.45, 2.75) is 20.3 Å².